The van der Waals surface area contributed by atoms with E-state index >= 15 is 0 Å². The Bertz CT molecular complexity index is 734. The van der Waals surface area contributed by atoms with Crippen molar-refractivity contribution < 1.29 is 5.11 Å². The summed E-state index contributed by atoms with van der Waals surface area (Å²) in [6.45, 7) is 5.79. The van der Waals surface area contributed by atoms with E-state index in [2.05, 4.69) is 36.2 Å². The summed E-state index contributed by atoms with van der Waals surface area (Å²) >= 11 is 0. The van der Waals surface area contributed by atoms with E-state index in [-0.39, 0.29) is 12.0 Å². The van der Waals surface area contributed by atoms with Crippen molar-refractivity contribution in [1.29, 1.82) is 5.26 Å². The maximum absolute atomic E-state index is 9.69. The van der Waals surface area contributed by atoms with Crippen LogP contribution >= 0.6 is 0 Å². The molecule has 5 nitrogen and oxygen atoms in total. The maximum Gasteiger partial charge on any atom is 0.0968 e. The highest BCUT2D eigenvalue weighted by Crippen LogP contribution is 2.31. The van der Waals surface area contributed by atoms with Gasteiger partial charge in [0.15, 0.2) is 0 Å². The molecule has 0 bridgehead atoms. The number of benzene rings is 1. The molecule has 0 saturated carbocycles. The van der Waals surface area contributed by atoms with Crippen molar-refractivity contribution in [3.63, 3.8) is 0 Å². The number of nitriles is 1. The van der Waals surface area contributed by atoms with Crippen LogP contribution in [0.1, 0.15) is 31.7 Å². The number of aryl methyl sites for hydroxylation is 1. The van der Waals surface area contributed by atoms with E-state index in [1.54, 1.807) is 0 Å². The Balaban J connectivity index is 1.84. The second-order valence-electron chi connectivity index (χ2n) is 7.32. The van der Waals surface area contributed by atoms with Gasteiger partial charge < -0.3 is 5.11 Å². The third-order valence-electron chi connectivity index (χ3n) is 4.97. The monoisotopic (exact) mass is 338 g/mol. The molecule has 1 aromatic carbocycles. The average Bonchev–Trinajstić information content (AvgIpc) is 3.03. The molecule has 132 valence electrons. The number of aliphatic hydroxyl groups excluding tert-OH is 1. The Morgan fingerprint density at radius 3 is 2.84 bits per heavy atom. The molecule has 2 heterocycles. The fourth-order valence-corrected chi connectivity index (χ4v) is 3.63. The molecule has 25 heavy (non-hydrogen) atoms. The second-order valence-corrected chi connectivity index (χ2v) is 7.32. The first-order valence-corrected chi connectivity index (χ1v) is 8.95. The van der Waals surface area contributed by atoms with Crippen molar-refractivity contribution in [3.05, 3.63) is 42.1 Å². The summed E-state index contributed by atoms with van der Waals surface area (Å²) in [6, 6.07) is 12.4. The highest BCUT2D eigenvalue weighted by atomic mass is 16.3. The Hall–Kier alpha value is -2.16. The number of piperidine rings is 1. The first kappa shape index (κ1) is 17.7. The van der Waals surface area contributed by atoms with Crippen LogP contribution in [0, 0.1) is 16.7 Å². The number of aromatic nitrogens is 2. The molecular weight excluding hydrogens is 312 g/mol. The van der Waals surface area contributed by atoms with Gasteiger partial charge >= 0.3 is 0 Å². The summed E-state index contributed by atoms with van der Waals surface area (Å²) < 4.78 is 1.88. The van der Waals surface area contributed by atoms with Gasteiger partial charge in [-0.15, -0.1) is 0 Å². The molecule has 1 aliphatic heterocycles. The molecule has 5 heteroatoms. The van der Waals surface area contributed by atoms with Gasteiger partial charge in [0.25, 0.3) is 0 Å². The molecule has 1 saturated heterocycles. The highest BCUT2D eigenvalue weighted by Gasteiger charge is 2.30. The molecule has 1 fully saturated rings. The van der Waals surface area contributed by atoms with Crippen LogP contribution in [0.5, 0.6) is 0 Å². The van der Waals surface area contributed by atoms with E-state index in [4.69, 9.17) is 10.4 Å². The van der Waals surface area contributed by atoms with Crippen LogP contribution in [0.3, 0.4) is 0 Å². The lowest BCUT2D eigenvalue weighted by molar-refractivity contribution is 0.0430. The van der Waals surface area contributed by atoms with Gasteiger partial charge in [-0.1, -0.05) is 37.3 Å². The number of hydrogen-bond donors (Lipinski definition) is 1. The predicted octanol–water partition coefficient (Wildman–Crippen LogP) is 3.06. The molecule has 1 aromatic heterocycles. The number of hydrogen-bond acceptors (Lipinski definition) is 4. The van der Waals surface area contributed by atoms with Gasteiger partial charge in [0.1, 0.15) is 0 Å². The van der Waals surface area contributed by atoms with Crippen LogP contribution in [0.4, 0.5) is 0 Å². The molecule has 0 spiro atoms. The highest BCUT2D eigenvalue weighted by molar-refractivity contribution is 5.62. The second kappa shape index (κ2) is 7.81. The zero-order valence-electron chi connectivity index (χ0n) is 14.9. The van der Waals surface area contributed by atoms with Crippen molar-refractivity contribution >= 4 is 0 Å². The van der Waals surface area contributed by atoms with Crippen LogP contribution in [0.2, 0.25) is 0 Å². The largest absolute Gasteiger partial charge is 0.396 e. The van der Waals surface area contributed by atoms with Gasteiger partial charge in [0.05, 0.1) is 24.7 Å². The zero-order valence-corrected chi connectivity index (χ0v) is 14.9. The molecule has 1 atom stereocenters. The Labute approximate surface area is 149 Å². The first-order valence-electron chi connectivity index (χ1n) is 8.95. The topological polar surface area (TPSA) is 65.1 Å². The smallest absolute Gasteiger partial charge is 0.0968 e. The van der Waals surface area contributed by atoms with Crippen molar-refractivity contribution in [3.8, 4) is 17.3 Å². The third-order valence-corrected chi connectivity index (χ3v) is 4.97. The van der Waals surface area contributed by atoms with Gasteiger partial charge in [0.2, 0.25) is 0 Å². The zero-order chi connectivity index (χ0) is 17.7. The van der Waals surface area contributed by atoms with Gasteiger partial charge in [-0.2, -0.15) is 10.4 Å². The molecule has 0 amide bonds. The van der Waals surface area contributed by atoms with Gasteiger partial charge in [0, 0.05) is 42.4 Å². The van der Waals surface area contributed by atoms with Gasteiger partial charge in [-0.3, -0.25) is 9.58 Å². The number of rotatable bonds is 6. The quantitative estimate of drug-likeness (QED) is 0.879. The lowest BCUT2D eigenvalue weighted by Crippen LogP contribution is -2.43. The van der Waals surface area contributed by atoms with Crippen LogP contribution in [-0.4, -0.2) is 39.5 Å². The van der Waals surface area contributed by atoms with Crippen molar-refractivity contribution in [1.82, 2.24) is 14.7 Å². The normalized spacial score (nSPS) is 21.2. The molecular formula is C20H26N4O. The van der Waals surface area contributed by atoms with Crippen molar-refractivity contribution in [2.45, 2.75) is 39.3 Å². The molecule has 0 aliphatic carbocycles. The number of aliphatic hydroxyl groups is 1. The SMILES string of the molecule is CC1(CO)CCCN(Cc2cn(CCC#N)nc2-c2ccccc2)C1. The molecule has 2 aromatic rings. The van der Waals surface area contributed by atoms with Crippen LogP contribution in [0.25, 0.3) is 11.3 Å². The Morgan fingerprint density at radius 2 is 2.12 bits per heavy atom. The lowest BCUT2D eigenvalue weighted by Gasteiger charge is -2.39. The average molecular weight is 338 g/mol. The maximum atomic E-state index is 9.69. The van der Waals surface area contributed by atoms with Crippen molar-refractivity contribution in [2.75, 3.05) is 19.7 Å². The minimum absolute atomic E-state index is 0.0119. The molecule has 1 unspecified atom stereocenters. The summed E-state index contributed by atoms with van der Waals surface area (Å²) in [7, 11) is 0. The van der Waals surface area contributed by atoms with Crippen molar-refractivity contribution in [2.24, 2.45) is 5.41 Å². The number of likely N-dealkylation sites (tertiary alicyclic amines) is 1. The standard InChI is InChI=1S/C20H26N4O/c1-20(16-25)9-5-11-23(15-20)13-18-14-24(12-6-10-21)22-19(18)17-7-3-2-4-8-17/h2-4,7-8,14,25H,5-6,9,11-13,15-16H2,1H3. The summed E-state index contributed by atoms with van der Waals surface area (Å²) in [5.74, 6) is 0. The fraction of sp³-hybridized carbons (Fsp3) is 0.500. The van der Waals surface area contributed by atoms with E-state index in [0.29, 0.717) is 13.0 Å². The first-order chi connectivity index (χ1) is 12.1. The molecule has 3 rings (SSSR count). The van der Waals surface area contributed by atoms with Crippen LogP contribution in [0.15, 0.2) is 36.5 Å². The minimum Gasteiger partial charge on any atom is -0.396 e. The summed E-state index contributed by atoms with van der Waals surface area (Å²) in [4.78, 5) is 2.41. The van der Waals surface area contributed by atoms with E-state index in [9.17, 15) is 5.11 Å². The predicted molar refractivity (Wildman–Crippen MR) is 97.6 cm³/mol. The van der Waals surface area contributed by atoms with Crippen LogP contribution < -0.4 is 0 Å². The molecule has 1 aliphatic rings. The van der Waals surface area contributed by atoms with E-state index in [1.165, 1.54) is 5.56 Å². The fourth-order valence-electron chi connectivity index (χ4n) is 3.63. The molecule has 1 N–H and O–H groups in total. The summed E-state index contributed by atoms with van der Waals surface area (Å²) in [5, 5.41) is 23.3. The minimum atomic E-state index is -0.0119. The van der Waals surface area contributed by atoms with Gasteiger partial charge in [-0.05, 0) is 19.4 Å². The summed E-state index contributed by atoms with van der Waals surface area (Å²) in [5.41, 5.74) is 3.28. The Morgan fingerprint density at radius 1 is 1.32 bits per heavy atom. The van der Waals surface area contributed by atoms with E-state index < -0.39 is 0 Å². The lowest BCUT2D eigenvalue weighted by atomic mass is 9.82. The van der Waals surface area contributed by atoms with Gasteiger partial charge in [-0.25, -0.2) is 0 Å². The van der Waals surface area contributed by atoms with E-state index in [0.717, 1.165) is 43.7 Å². The van der Waals surface area contributed by atoms with Crippen LogP contribution in [-0.2, 0) is 13.1 Å². The third kappa shape index (κ3) is 4.28. The summed E-state index contributed by atoms with van der Waals surface area (Å²) in [6.07, 6.45) is 4.72. The molecule has 0 radical (unpaired) electrons. The number of nitrogens with zero attached hydrogens (tertiary/aromatic N) is 4. The van der Waals surface area contributed by atoms with E-state index in [1.807, 2.05) is 22.9 Å². The Kier molecular flexibility index (Phi) is 5.52.